The van der Waals surface area contributed by atoms with Crippen LogP contribution in [0.5, 0.6) is 0 Å². The molecule has 0 bridgehead atoms. The third kappa shape index (κ3) is 2.99. The lowest BCUT2D eigenvalue weighted by atomic mass is 9.98. The first-order chi connectivity index (χ1) is 11.8. The Morgan fingerprint density at radius 1 is 1.08 bits per heavy atom. The summed E-state index contributed by atoms with van der Waals surface area (Å²) in [6.07, 6.45) is 0. The minimum absolute atomic E-state index is 0.275. The predicted molar refractivity (Wildman–Crippen MR) is 99.3 cm³/mol. The molecule has 0 radical (unpaired) electrons. The van der Waals surface area contributed by atoms with Gasteiger partial charge in [0.25, 0.3) is 5.56 Å². The van der Waals surface area contributed by atoms with E-state index in [1.54, 1.807) is 7.05 Å². The first-order valence-electron chi connectivity index (χ1n) is 8.94. The van der Waals surface area contributed by atoms with E-state index < -0.39 is 0 Å². The summed E-state index contributed by atoms with van der Waals surface area (Å²) in [4.78, 5) is 32.0. The molecule has 1 aliphatic rings. The lowest BCUT2D eigenvalue weighted by Gasteiger charge is -2.29. The van der Waals surface area contributed by atoms with E-state index in [2.05, 4.69) is 31.0 Å². The van der Waals surface area contributed by atoms with Crippen LogP contribution in [0.15, 0.2) is 9.59 Å². The molecule has 0 aliphatic carbocycles. The van der Waals surface area contributed by atoms with Crippen molar-refractivity contribution in [2.75, 3.05) is 31.1 Å². The van der Waals surface area contributed by atoms with Crippen LogP contribution in [-0.2, 0) is 20.6 Å². The minimum Gasteiger partial charge on any atom is -0.340 e. The number of aromatic nitrogens is 4. The molecule has 0 amide bonds. The average molecular weight is 348 g/mol. The van der Waals surface area contributed by atoms with Crippen molar-refractivity contribution >= 4 is 17.1 Å². The molecule has 3 rings (SSSR count). The molecule has 0 spiro atoms. The van der Waals surface area contributed by atoms with Crippen molar-refractivity contribution in [1.82, 2.24) is 24.0 Å². The Morgan fingerprint density at radius 3 is 2.32 bits per heavy atom. The third-order valence-corrected chi connectivity index (χ3v) is 5.34. The summed E-state index contributed by atoms with van der Waals surface area (Å²) in [6.45, 7) is 10.7. The second-order valence-corrected chi connectivity index (χ2v) is 7.36. The summed E-state index contributed by atoms with van der Waals surface area (Å²) in [6, 6.07) is 0. The molecular weight excluding hydrogens is 320 g/mol. The van der Waals surface area contributed by atoms with Gasteiger partial charge < -0.3 is 14.8 Å². The van der Waals surface area contributed by atoms with Gasteiger partial charge in [0.1, 0.15) is 0 Å². The highest BCUT2D eigenvalue weighted by atomic mass is 16.2. The molecule has 1 aliphatic heterocycles. The lowest BCUT2D eigenvalue weighted by Crippen LogP contribution is -2.44. The van der Waals surface area contributed by atoms with Gasteiger partial charge in [-0.2, -0.15) is 4.98 Å². The van der Waals surface area contributed by atoms with Gasteiger partial charge in [0.15, 0.2) is 11.2 Å². The van der Waals surface area contributed by atoms with E-state index in [0.717, 1.165) is 32.1 Å². The van der Waals surface area contributed by atoms with Gasteiger partial charge in [0, 0.05) is 46.8 Å². The molecule has 1 unspecified atom stereocenters. The van der Waals surface area contributed by atoms with Crippen molar-refractivity contribution < 1.29 is 0 Å². The molecule has 3 heterocycles. The second kappa shape index (κ2) is 6.67. The highest BCUT2D eigenvalue weighted by Gasteiger charge is 2.25. The van der Waals surface area contributed by atoms with E-state index in [0.29, 0.717) is 29.5 Å². The van der Waals surface area contributed by atoms with Crippen molar-refractivity contribution in [2.24, 2.45) is 25.9 Å². The third-order valence-electron chi connectivity index (χ3n) is 5.34. The maximum Gasteiger partial charge on any atom is 0.332 e. The van der Waals surface area contributed by atoms with Gasteiger partial charge in [-0.1, -0.05) is 20.8 Å². The molecule has 1 atom stereocenters. The average Bonchev–Trinajstić information content (AvgIpc) is 2.98. The standard InChI is InChI=1S/C17H28N6O2/c1-11(2)12(3)10-23-13-14(20(4)17(25)21(5)15(13)24)19-16(23)22-8-6-18-7-9-22/h11-12,18H,6-10H2,1-5H3. The Hall–Kier alpha value is -2.09. The molecule has 138 valence electrons. The summed E-state index contributed by atoms with van der Waals surface area (Å²) >= 11 is 0. The van der Waals surface area contributed by atoms with E-state index in [1.165, 1.54) is 16.2 Å². The van der Waals surface area contributed by atoms with Crippen LogP contribution in [0, 0.1) is 11.8 Å². The Kier molecular flexibility index (Phi) is 4.73. The fraction of sp³-hybridized carbons (Fsp3) is 0.706. The molecule has 1 saturated heterocycles. The van der Waals surface area contributed by atoms with Gasteiger partial charge in [-0.15, -0.1) is 0 Å². The number of hydrogen-bond donors (Lipinski definition) is 1. The minimum atomic E-state index is -0.342. The van der Waals surface area contributed by atoms with Crippen LogP contribution in [0.25, 0.3) is 11.2 Å². The van der Waals surface area contributed by atoms with Crippen LogP contribution < -0.4 is 21.5 Å². The normalized spacial score (nSPS) is 16.8. The predicted octanol–water partition coefficient (Wildman–Crippen LogP) is 0.135. The van der Waals surface area contributed by atoms with Crippen molar-refractivity contribution in [3.8, 4) is 0 Å². The van der Waals surface area contributed by atoms with Crippen LogP contribution >= 0.6 is 0 Å². The van der Waals surface area contributed by atoms with Crippen LogP contribution in [0.4, 0.5) is 5.95 Å². The molecule has 25 heavy (non-hydrogen) atoms. The van der Waals surface area contributed by atoms with E-state index in [1.807, 2.05) is 4.57 Å². The molecule has 2 aromatic heterocycles. The molecule has 8 nitrogen and oxygen atoms in total. The maximum absolute atomic E-state index is 12.8. The van der Waals surface area contributed by atoms with E-state index in [9.17, 15) is 9.59 Å². The van der Waals surface area contributed by atoms with Gasteiger partial charge in [-0.25, -0.2) is 4.79 Å². The number of nitrogens with zero attached hydrogens (tertiary/aromatic N) is 5. The highest BCUT2D eigenvalue weighted by Crippen LogP contribution is 2.23. The van der Waals surface area contributed by atoms with Crippen molar-refractivity contribution in [1.29, 1.82) is 0 Å². The van der Waals surface area contributed by atoms with Crippen molar-refractivity contribution in [3.05, 3.63) is 20.8 Å². The Balaban J connectivity index is 2.26. The fourth-order valence-corrected chi connectivity index (χ4v) is 3.21. The number of fused-ring (bicyclic) bond motifs is 1. The fourth-order valence-electron chi connectivity index (χ4n) is 3.21. The molecule has 8 heteroatoms. The Labute approximate surface area is 147 Å². The quantitative estimate of drug-likeness (QED) is 0.850. The molecule has 1 fully saturated rings. The second-order valence-electron chi connectivity index (χ2n) is 7.36. The van der Waals surface area contributed by atoms with Crippen molar-refractivity contribution in [3.63, 3.8) is 0 Å². The van der Waals surface area contributed by atoms with Gasteiger partial charge in [-0.05, 0) is 11.8 Å². The zero-order valence-electron chi connectivity index (χ0n) is 15.7. The van der Waals surface area contributed by atoms with Crippen LogP contribution in [0.2, 0.25) is 0 Å². The number of hydrogen-bond acceptors (Lipinski definition) is 5. The van der Waals surface area contributed by atoms with Gasteiger partial charge in [0.2, 0.25) is 5.95 Å². The number of piperazine rings is 1. The molecule has 0 saturated carbocycles. The summed E-state index contributed by atoms with van der Waals surface area (Å²) in [7, 11) is 3.20. The summed E-state index contributed by atoms with van der Waals surface area (Å²) < 4.78 is 4.66. The van der Waals surface area contributed by atoms with Crippen molar-refractivity contribution in [2.45, 2.75) is 27.3 Å². The number of imidazole rings is 1. The lowest BCUT2D eigenvalue weighted by molar-refractivity contribution is 0.367. The zero-order chi connectivity index (χ0) is 18.3. The van der Waals surface area contributed by atoms with Gasteiger partial charge >= 0.3 is 5.69 Å². The summed E-state index contributed by atoms with van der Waals surface area (Å²) in [5, 5.41) is 3.34. The first kappa shape index (κ1) is 17.7. The Morgan fingerprint density at radius 2 is 1.72 bits per heavy atom. The molecule has 0 aromatic carbocycles. The van der Waals surface area contributed by atoms with Crippen LogP contribution in [0.3, 0.4) is 0 Å². The van der Waals surface area contributed by atoms with E-state index in [-0.39, 0.29) is 11.2 Å². The molecule has 1 N–H and O–H groups in total. The number of nitrogens with one attached hydrogen (secondary N) is 1. The van der Waals surface area contributed by atoms with Crippen LogP contribution in [-0.4, -0.2) is 44.9 Å². The van der Waals surface area contributed by atoms with E-state index >= 15 is 0 Å². The zero-order valence-corrected chi connectivity index (χ0v) is 15.7. The number of rotatable bonds is 4. The first-order valence-corrected chi connectivity index (χ1v) is 8.94. The van der Waals surface area contributed by atoms with Crippen LogP contribution in [0.1, 0.15) is 20.8 Å². The number of anilines is 1. The SMILES string of the molecule is CC(C)C(C)Cn1c(N2CCNCC2)nc2c1c(=O)n(C)c(=O)n2C. The van der Waals surface area contributed by atoms with E-state index in [4.69, 9.17) is 4.98 Å². The number of aryl methyl sites for hydroxylation is 1. The smallest absolute Gasteiger partial charge is 0.332 e. The maximum atomic E-state index is 12.8. The largest absolute Gasteiger partial charge is 0.340 e. The summed E-state index contributed by atoms with van der Waals surface area (Å²) in [5.41, 5.74) is 0.372. The molecule has 2 aromatic rings. The molecular formula is C17H28N6O2. The Bertz CT molecular complexity index is 885. The monoisotopic (exact) mass is 348 g/mol. The van der Waals surface area contributed by atoms with Gasteiger partial charge in [0.05, 0.1) is 0 Å². The highest BCUT2D eigenvalue weighted by molar-refractivity contribution is 5.74. The summed E-state index contributed by atoms with van der Waals surface area (Å²) in [5.74, 6) is 1.67. The van der Waals surface area contributed by atoms with Gasteiger partial charge in [-0.3, -0.25) is 13.9 Å². The topological polar surface area (TPSA) is 77.1 Å².